The molecule has 0 saturated heterocycles. The van der Waals surface area contributed by atoms with Crippen molar-refractivity contribution in [2.45, 2.75) is 39.4 Å². The van der Waals surface area contributed by atoms with Crippen molar-refractivity contribution in [1.29, 1.82) is 0 Å². The van der Waals surface area contributed by atoms with Gasteiger partial charge < -0.3 is 5.73 Å². The lowest BCUT2D eigenvalue weighted by molar-refractivity contribution is 0.167. The Hall–Kier alpha value is -1.64. The molecule has 0 spiro atoms. The standard InChI is InChI=1S/C19H24N2/c1-14-7-8-16(9-15(14)2)12-21-13-18-6-4-3-5-17(18)10-19(21)11-20/h3-9,19H,10-13,20H2,1-2H3. The Bertz CT molecular complexity index is 633. The minimum atomic E-state index is 0.446. The van der Waals surface area contributed by atoms with Gasteiger partial charge in [-0.1, -0.05) is 42.5 Å². The first-order valence-corrected chi connectivity index (χ1v) is 7.74. The summed E-state index contributed by atoms with van der Waals surface area (Å²) in [5, 5.41) is 0. The number of fused-ring (bicyclic) bond motifs is 1. The van der Waals surface area contributed by atoms with Gasteiger partial charge in [0.2, 0.25) is 0 Å². The van der Waals surface area contributed by atoms with E-state index < -0.39 is 0 Å². The molecule has 0 bridgehead atoms. The smallest absolute Gasteiger partial charge is 0.0265 e. The number of hydrogen-bond donors (Lipinski definition) is 1. The maximum Gasteiger partial charge on any atom is 0.0265 e. The summed E-state index contributed by atoms with van der Waals surface area (Å²) in [6.07, 6.45) is 1.07. The molecule has 1 atom stereocenters. The number of hydrogen-bond acceptors (Lipinski definition) is 2. The predicted octanol–water partition coefficient (Wildman–Crippen LogP) is 3.19. The molecule has 110 valence electrons. The van der Waals surface area contributed by atoms with Crippen molar-refractivity contribution in [2.24, 2.45) is 5.73 Å². The first-order valence-electron chi connectivity index (χ1n) is 7.74. The fraction of sp³-hybridized carbons (Fsp3) is 0.368. The van der Waals surface area contributed by atoms with Crippen LogP contribution in [-0.4, -0.2) is 17.5 Å². The predicted molar refractivity (Wildman–Crippen MR) is 88.2 cm³/mol. The summed E-state index contributed by atoms with van der Waals surface area (Å²) in [4.78, 5) is 2.52. The summed E-state index contributed by atoms with van der Waals surface area (Å²) in [6.45, 7) is 7.06. The van der Waals surface area contributed by atoms with Crippen LogP contribution >= 0.6 is 0 Å². The van der Waals surface area contributed by atoms with Gasteiger partial charge in [0.25, 0.3) is 0 Å². The van der Waals surface area contributed by atoms with E-state index >= 15 is 0 Å². The lowest BCUT2D eigenvalue weighted by atomic mass is 9.93. The van der Waals surface area contributed by atoms with Crippen molar-refractivity contribution in [3.8, 4) is 0 Å². The highest BCUT2D eigenvalue weighted by Gasteiger charge is 2.24. The molecule has 0 amide bonds. The van der Waals surface area contributed by atoms with Gasteiger partial charge in [0.05, 0.1) is 0 Å². The molecule has 2 aromatic rings. The lowest BCUT2D eigenvalue weighted by Gasteiger charge is -2.36. The molecule has 0 radical (unpaired) electrons. The molecule has 3 rings (SSSR count). The summed E-state index contributed by atoms with van der Waals surface area (Å²) in [5.41, 5.74) is 13.0. The summed E-state index contributed by atoms with van der Waals surface area (Å²) >= 11 is 0. The van der Waals surface area contributed by atoms with E-state index in [9.17, 15) is 0 Å². The van der Waals surface area contributed by atoms with Gasteiger partial charge in [0, 0.05) is 25.7 Å². The van der Waals surface area contributed by atoms with E-state index in [4.69, 9.17) is 5.73 Å². The molecule has 2 nitrogen and oxygen atoms in total. The van der Waals surface area contributed by atoms with Gasteiger partial charge in [-0.05, 0) is 48.1 Å². The van der Waals surface area contributed by atoms with Crippen molar-refractivity contribution >= 4 is 0 Å². The van der Waals surface area contributed by atoms with Crippen LogP contribution in [0.1, 0.15) is 27.8 Å². The van der Waals surface area contributed by atoms with E-state index in [1.54, 1.807) is 0 Å². The molecule has 0 saturated carbocycles. The Kier molecular flexibility index (Phi) is 4.09. The molecular weight excluding hydrogens is 256 g/mol. The molecule has 0 aromatic heterocycles. The van der Waals surface area contributed by atoms with E-state index in [0.29, 0.717) is 6.04 Å². The second-order valence-electron chi connectivity index (χ2n) is 6.19. The van der Waals surface area contributed by atoms with Gasteiger partial charge in [0.15, 0.2) is 0 Å². The number of rotatable bonds is 3. The highest BCUT2D eigenvalue weighted by atomic mass is 15.2. The maximum atomic E-state index is 6.02. The zero-order valence-corrected chi connectivity index (χ0v) is 13.0. The largest absolute Gasteiger partial charge is 0.329 e. The van der Waals surface area contributed by atoms with E-state index in [1.807, 2.05) is 0 Å². The minimum Gasteiger partial charge on any atom is -0.329 e. The first kappa shape index (κ1) is 14.3. The summed E-state index contributed by atoms with van der Waals surface area (Å²) < 4.78 is 0. The molecule has 0 fully saturated rings. The van der Waals surface area contributed by atoms with Crippen LogP contribution in [0.25, 0.3) is 0 Å². The van der Waals surface area contributed by atoms with Crippen LogP contribution in [0.5, 0.6) is 0 Å². The zero-order valence-electron chi connectivity index (χ0n) is 13.0. The van der Waals surface area contributed by atoms with Gasteiger partial charge in [-0.25, -0.2) is 0 Å². The quantitative estimate of drug-likeness (QED) is 0.935. The van der Waals surface area contributed by atoms with Gasteiger partial charge >= 0.3 is 0 Å². The number of nitrogens with two attached hydrogens (primary N) is 1. The van der Waals surface area contributed by atoms with Gasteiger partial charge in [-0.2, -0.15) is 0 Å². The average molecular weight is 280 g/mol. The Morgan fingerprint density at radius 2 is 1.81 bits per heavy atom. The molecule has 0 aliphatic carbocycles. The van der Waals surface area contributed by atoms with Crippen LogP contribution in [-0.2, 0) is 19.5 Å². The van der Waals surface area contributed by atoms with Crippen molar-refractivity contribution < 1.29 is 0 Å². The summed E-state index contributed by atoms with van der Waals surface area (Å²) in [6, 6.07) is 16.0. The molecule has 21 heavy (non-hydrogen) atoms. The monoisotopic (exact) mass is 280 g/mol. The second-order valence-corrected chi connectivity index (χ2v) is 6.19. The Morgan fingerprint density at radius 3 is 2.52 bits per heavy atom. The third-order valence-electron chi connectivity index (χ3n) is 4.69. The molecule has 2 heteroatoms. The van der Waals surface area contributed by atoms with E-state index in [0.717, 1.165) is 26.1 Å². The maximum absolute atomic E-state index is 6.02. The van der Waals surface area contributed by atoms with Crippen molar-refractivity contribution in [3.05, 3.63) is 70.3 Å². The van der Waals surface area contributed by atoms with Crippen LogP contribution in [0.2, 0.25) is 0 Å². The summed E-state index contributed by atoms with van der Waals surface area (Å²) in [5.74, 6) is 0. The van der Waals surface area contributed by atoms with Gasteiger partial charge in [-0.15, -0.1) is 0 Å². The van der Waals surface area contributed by atoms with Crippen molar-refractivity contribution in [3.63, 3.8) is 0 Å². The van der Waals surface area contributed by atoms with Crippen LogP contribution in [0.4, 0.5) is 0 Å². The summed E-state index contributed by atoms with van der Waals surface area (Å²) in [7, 11) is 0. The molecule has 1 aliphatic rings. The van der Waals surface area contributed by atoms with Crippen molar-refractivity contribution in [1.82, 2.24) is 4.90 Å². The Balaban J connectivity index is 1.82. The fourth-order valence-electron chi connectivity index (χ4n) is 3.20. The Labute approximate surface area is 127 Å². The molecule has 1 unspecified atom stereocenters. The van der Waals surface area contributed by atoms with Gasteiger partial charge in [-0.3, -0.25) is 4.90 Å². The molecular formula is C19H24N2. The van der Waals surface area contributed by atoms with Gasteiger partial charge in [0.1, 0.15) is 0 Å². The van der Waals surface area contributed by atoms with E-state index in [-0.39, 0.29) is 0 Å². The SMILES string of the molecule is Cc1ccc(CN2Cc3ccccc3CC2CN)cc1C. The minimum absolute atomic E-state index is 0.446. The zero-order chi connectivity index (χ0) is 14.8. The fourth-order valence-corrected chi connectivity index (χ4v) is 3.20. The lowest BCUT2D eigenvalue weighted by Crippen LogP contribution is -2.44. The van der Waals surface area contributed by atoms with E-state index in [2.05, 4.69) is 61.2 Å². The molecule has 2 N–H and O–H groups in total. The van der Waals surface area contributed by atoms with Crippen LogP contribution < -0.4 is 5.73 Å². The van der Waals surface area contributed by atoms with Crippen molar-refractivity contribution in [2.75, 3.05) is 6.54 Å². The molecule has 2 aromatic carbocycles. The molecule has 1 aliphatic heterocycles. The van der Waals surface area contributed by atoms with Crippen LogP contribution in [0.3, 0.4) is 0 Å². The average Bonchev–Trinajstić information content (AvgIpc) is 2.50. The van der Waals surface area contributed by atoms with Crippen LogP contribution in [0, 0.1) is 13.8 Å². The highest BCUT2D eigenvalue weighted by Crippen LogP contribution is 2.25. The number of benzene rings is 2. The highest BCUT2D eigenvalue weighted by molar-refractivity contribution is 5.32. The first-order chi connectivity index (χ1) is 10.2. The topological polar surface area (TPSA) is 29.3 Å². The third kappa shape index (κ3) is 3.02. The Morgan fingerprint density at radius 1 is 1.05 bits per heavy atom. The van der Waals surface area contributed by atoms with Crippen LogP contribution in [0.15, 0.2) is 42.5 Å². The van der Waals surface area contributed by atoms with E-state index in [1.165, 1.54) is 27.8 Å². The second kappa shape index (κ2) is 6.00. The number of aryl methyl sites for hydroxylation is 2. The normalized spacial score (nSPS) is 18.5. The number of nitrogens with zero attached hydrogens (tertiary/aromatic N) is 1. The third-order valence-corrected chi connectivity index (χ3v) is 4.69. The molecule has 1 heterocycles.